The molecule has 9 heteroatoms. The average molecular weight is 296 g/mol. The Morgan fingerprint density at radius 3 is 2.60 bits per heavy atom. The second kappa shape index (κ2) is 6.42. The molecule has 0 aromatic heterocycles. The summed E-state index contributed by atoms with van der Waals surface area (Å²) in [6.07, 6.45) is -4.43. The van der Waals surface area contributed by atoms with Crippen LogP contribution in [0.5, 0.6) is 0 Å². The van der Waals surface area contributed by atoms with Crippen molar-refractivity contribution >= 4 is 17.3 Å². The minimum atomic E-state index is -4.43. The molecule has 0 saturated carbocycles. The van der Waals surface area contributed by atoms with Gasteiger partial charge in [0.05, 0.1) is 17.9 Å². The van der Waals surface area contributed by atoms with E-state index in [9.17, 15) is 22.4 Å². The first-order valence-electron chi connectivity index (χ1n) is 5.41. The lowest BCUT2D eigenvalue weighted by Gasteiger charge is -2.11. The molecule has 0 spiro atoms. The molecule has 0 unspecified atom stereocenters. The molecule has 0 aliphatic heterocycles. The molecular formula is C11H12F4N2O3. The van der Waals surface area contributed by atoms with Crippen molar-refractivity contribution in [2.45, 2.75) is 6.18 Å². The van der Waals surface area contributed by atoms with E-state index in [1.807, 2.05) is 0 Å². The average Bonchev–Trinajstić information content (AvgIpc) is 2.29. The molecule has 1 rings (SSSR count). The molecule has 0 atom stereocenters. The Hall–Kier alpha value is -2.03. The Bertz CT molecular complexity index is 491. The number of carbonyl (C=O) groups is 1. The maximum absolute atomic E-state index is 13.4. The van der Waals surface area contributed by atoms with E-state index in [4.69, 9.17) is 10.8 Å². The second-order valence-corrected chi connectivity index (χ2v) is 3.82. The first-order chi connectivity index (χ1) is 9.20. The van der Waals surface area contributed by atoms with Crippen LogP contribution in [0.1, 0.15) is 10.4 Å². The van der Waals surface area contributed by atoms with Crippen molar-refractivity contribution in [2.75, 3.05) is 30.8 Å². The highest BCUT2D eigenvalue weighted by molar-refractivity contribution is 5.94. The van der Waals surface area contributed by atoms with Gasteiger partial charge in [-0.2, -0.15) is 13.2 Å². The fourth-order valence-electron chi connectivity index (χ4n) is 1.36. The predicted molar refractivity (Wildman–Crippen MR) is 63.1 cm³/mol. The number of hydrogen-bond donors (Lipinski definition) is 3. The van der Waals surface area contributed by atoms with Gasteiger partial charge in [0, 0.05) is 12.2 Å². The maximum Gasteiger partial charge on any atom is 0.411 e. The van der Waals surface area contributed by atoms with Crippen LogP contribution in [0, 0.1) is 5.82 Å². The fourth-order valence-corrected chi connectivity index (χ4v) is 1.36. The van der Waals surface area contributed by atoms with Crippen LogP contribution in [0.2, 0.25) is 0 Å². The number of ether oxygens (including phenoxy) is 1. The summed E-state index contributed by atoms with van der Waals surface area (Å²) in [7, 11) is 0. The number of hydrogen-bond acceptors (Lipinski definition) is 4. The Kier molecular flexibility index (Phi) is 5.14. The maximum atomic E-state index is 13.4. The van der Waals surface area contributed by atoms with Crippen molar-refractivity contribution in [2.24, 2.45) is 0 Å². The number of nitrogens with one attached hydrogen (secondary N) is 1. The third kappa shape index (κ3) is 4.92. The highest BCUT2D eigenvalue weighted by Gasteiger charge is 2.27. The van der Waals surface area contributed by atoms with Gasteiger partial charge in [-0.15, -0.1) is 0 Å². The van der Waals surface area contributed by atoms with E-state index < -0.39 is 24.6 Å². The quantitative estimate of drug-likeness (QED) is 0.425. The van der Waals surface area contributed by atoms with Crippen LogP contribution in [0.4, 0.5) is 28.9 Å². The standard InChI is InChI=1S/C11H12F4N2O3/c12-7-4-8(16)6(10(18)19)3-9(7)17-1-2-20-5-11(13,14)15/h3-4,17H,1-2,5,16H2,(H,18,19). The minimum absolute atomic E-state index is 0.115. The minimum Gasteiger partial charge on any atom is -0.478 e. The van der Waals surface area contributed by atoms with Gasteiger partial charge in [-0.05, 0) is 12.1 Å². The number of alkyl halides is 3. The van der Waals surface area contributed by atoms with E-state index in [-0.39, 0.29) is 30.1 Å². The number of carboxylic acid groups (broad SMARTS) is 1. The van der Waals surface area contributed by atoms with Crippen molar-refractivity contribution in [1.29, 1.82) is 0 Å². The number of anilines is 2. The SMILES string of the molecule is Nc1cc(F)c(NCCOCC(F)(F)F)cc1C(=O)O. The molecule has 0 aliphatic carbocycles. The second-order valence-electron chi connectivity index (χ2n) is 3.82. The largest absolute Gasteiger partial charge is 0.478 e. The fraction of sp³-hybridized carbons (Fsp3) is 0.364. The van der Waals surface area contributed by atoms with Gasteiger partial charge >= 0.3 is 12.1 Å². The van der Waals surface area contributed by atoms with Gasteiger partial charge in [-0.25, -0.2) is 9.18 Å². The van der Waals surface area contributed by atoms with Crippen molar-refractivity contribution in [1.82, 2.24) is 0 Å². The molecule has 0 saturated heterocycles. The van der Waals surface area contributed by atoms with Gasteiger partial charge in [-0.1, -0.05) is 0 Å². The summed E-state index contributed by atoms with van der Waals surface area (Å²) in [5.74, 6) is -2.14. The van der Waals surface area contributed by atoms with Crippen molar-refractivity contribution < 1.29 is 32.2 Å². The van der Waals surface area contributed by atoms with E-state index in [2.05, 4.69) is 10.1 Å². The summed E-state index contributed by atoms with van der Waals surface area (Å²) in [4.78, 5) is 10.8. The van der Waals surface area contributed by atoms with Crippen molar-refractivity contribution in [3.8, 4) is 0 Å². The molecule has 112 valence electrons. The number of carboxylic acids is 1. The summed E-state index contributed by atoms with van der Waals surface area (Å²) in [6, 6.07) is 1.79. The van der Waals surface area contributed by atoms with Crippen LogP contribution < -0.4 is 11.1 Å². The van der Waals surface area contributed by atoms with Gasteiger partial charge in [0.2, 0.25) is 0 Å². The molecule has 0 heterocycles. The van der Waals surface area contributed by atoms with Crippen LogP contribution in [-0.4, -0.2) is 37.0 Å². The summed E-state index contributed by atoms with van der Waals surface area (Å²) in [5.41, 5.74) is 4.60. The monoisotopic (exact) mass is 296 g/mol. The molecule has 0 amide bonds. The summed E-state index contributed by atoms with van der Waals surface area (Å²) < 4.78 is 53.1. The lowest BCUT2D eigenvalue weighted by atomic mass is 10.1. The smallest absolute Gasteiger partial charge is 0.411 e. The van der Waals surface area contributed by atoms with Crippen LogP contribution in [-0.2, 0) is 4.74 Å². The summed E-state index contributed by atoms with van der Waals surface area (Å²) in [5, 5.41) is 11.2. The lowest BCUT2D eigenvalue weighted by Crippen LogP contribution is -2.20. The molecule has 1 aromatic rings. The van der Waals surface area contributed by atoms with Crippen LogP contribution in [0.3, 0.4) is 0 Å². The highest BCUT2D eigenvalue weighted by atomic mass is 19.4. The Labute approximate surface area is 111 Å². The molecule has 0 fully saturated rings. The predicted octanol–water partition coefficient (Wildman–Crippen LogP) is 2.10. The van der Waals surface area contributed by atoms with Gasteiger partial charge in [0.25, 0.3) is 0 Å². The molecule has 0 radical (unpaired) electrons. The number of aromatic carboxylic acids is 1. The van der Waals surface area contributed by atoms with Gasteiger partial charge in [0.15, 0.2) is 0 Å². The van der Waals surface area contributed by atoms with E-state index in [0.717, 1.165) is 12.1 Å². The van der Waals surface area contributed by atoms with E-state index >= 15 is 0 Å². The third-order valence-corrected chi connectivity index (χ3v) is 2.20. The molecule has 0 aliphatic rings. The highest BCUT2D eigenvalue weighted by Crippen LogP contribution is 2.22. The molecule has 20 heavy (non-hydrogen) atoms. The normalized spacial score (nSPS) is 11.4. The lowest BCUT2D eigenvalue weighted by molar-refractivity contribution is -0.172. The zero-order chi connectivity index (χ0) is 15.3. The van der Waals surface area contributed by atoms with Crippen molar-refractivity contribution in [3.05, 3.63) is 23.5 Å². The molecule has 5 nitrogen and oxygen atoms in total. The molecule has 4 N–H and O–H groups in total. The Morgan fingerprint density at radius 1 is 1.40 bits per heavy atom. The van der Waals surface area contributed by atoms with E-state index in [1.165, 1.54) is 0 Å². The van der Waals surface area contributed by atoms with Crippen LogP contribution >= 0.6 is 0 Å². The number of nitrogen functional groups attached to an aromatic ring is 1. The number of benzene rings is 1. The topological polar surface area (TPSA) is 84.6 Å². The van der Waals surface area contributed by atoms with Crippen LogP contribution in [0.25, 0.3) is 0 Å². The third-order valence-electron chi connectivity index (χ3n) is 2.20. The van der Waals surface area contributed by atoms with Crippen molar-refractivity contribution in [3.63, 3.8) is 0 Å². The molecule has 1 aromatic carbocycles. The number of nitrogens with two attached hydrogens (primary N) is 1. The van der Waals surface area contributed by atoms with Gasteiger partial charge in [-0.3, -0.25) is 0 Å². The number of halogens is 4. The van der Waals surface area contributed by atoms with E-state index in [0.29, 0.717) is 0 Å². The summed E-state index contributed by atoms with van der Waals surface area (Å²) in [6.45, 7) is -1.83. The number of rotatable bonds is 6. The van der Waals surface area contributed by atoms with E-state index in [1.54, 1.807) is 0 Å². The Morgan fingerprint density at radius 2 is 2.05 bits per heavy atom. The zero-order valence-electron chi connectivity index (χ0n) is 10.1. The van der Waals surface area contributed by atoms with Crippen LogP contribution in [0.15, 0.2) is 12.1 Å². The Balaban J connectivity index is 2.56. The first-order valence-corrected chi connectivity index (χ1v) is 5.41. The molecule has 0 bridgehead atoms. The summed E-state index contributed by atoms with van der Waals surface area (Å²) >= 11 is 0. The first kappa shape index (κ1) is 16.0. The van der Waals surface area contributed by atoms with Gasteiger partial charge in [0.1, 0.15) is 12.4 Å². The molecular weight excluding hydrogens is 284 g/mol. The van der Waals surface area contributed by atoms with Gasteiger partial charge < -0.3 is 20.9 Å². The zero-order valence-corrected chi connectivity index (χ0v) is 10.1.